The van der Waals surface area contributed by atoms with Crippen molar-refractivity contribution in [2.24, 2.45) is 0 Å². The summed E-state index contributed by atoms with van der Waals surface area (Å²) in [6, 6.07) is 3.54. The molecule has 2 aliphatic heterocycles. The van der Waals surface area contributed by atoms with E-state index in [1.54, 1.807) is 4.90 Å². The second-order valence-corrected chi connectivity index (χ2v) is 7.05. The molecule has 0 bridgehead atoms. The van der Waals surface area contributed by atoms with E-state index in [0.29, 0.717) is 29.6 Å². The number of rotatable bonds is 7. The van der Waals surface area contributed by atoms with Crippen LogP contribution in [-0.4, -0.2) is 43.3 Å². The van der Waals surface area contributed by atoms with Crippen molar-refractivity contribution < 1.29 is 24.1 Å². The monoisotopic (exact) mass is 376 g/mol. The number of ether oxygens (including phenoxy) is 2. The Balaban J connectivity index is 1.50. The van der Waals surface area contributed by atoms with Crippen molar-refractivity contribution in [2.45, 2.75) is 38.6 Å². The van der Waals surface area contributed by atoms with Gasteiger partial charge in [-0.25, -0.2) is 0 Å². The Morgan fingerprint density at radius 2 is 2.15 bits per heavy atom. The average Bonchev–Trinajstić information content (AvgIpc) is 3.11. The van der Waals surface area contributed by atoms with Crippen molar-refractivity contribution in [2.75, 3.05) is 26.4 Å². The fourth-order valence-electron chi connectivity index (χ4n) is 3.61. The van der Waals surface area contributed by atoms with E-state index in [1.807, 2.05) is 0 Å². The van der Waals surface area contributed by atoms with Gasteiger partial charge < -0.3 is 19.7 Å². The summed E-state index contributed by atoms with van der Waals surface area (Å²) in [5, 5.41) is 14.1. The van der Waals surface area contributed by atoms with Crippen molar-refractivity contribution in [1.82, 2.24) is 5.32 Å². The Bertz CT molecular complexity index is 734. The summed E-state index contributed by atoms with van der Waals surface area (Å²) >= 11 is 0. The highest BCUT2D eigenvalue weighted by atomic mass is 16.7. The molecule has 146 valence electrons. The van der Waals surface area contributed by atoms with Gasteiger partial charge in [-0.2, -0.15) is 0 Å². The maximum absolute atomic E-state index is 12.0. The van der Waals surface area contributed by atoms with Crippen LogP contribution >= 0.6 is 0 Å². The molecule has 1 aromatic carbocycles. The molecule has 1 amide bonds. The number of nitro groups is 1. The maximum Gasteiger partial charge on any atom is 0.280 e. The lowest BCUT2D eigenvalue weighted by molar-refractivity contribution is -0.928. The first-order chi connectivity index (χ1) is 13.0. The molecular formula is C19H26N3O5+. The fourth-order valence-corrected chi connectivity index (χ4v) is 3.61. The van der Waals surface area contributed by atoms with E-state index in [9.17, 15) is 14.9 Å². The second-order valence-electron chi connectivity index (χ2n) is 7.05. The number of piperidine rings is 1. The van der Waals surface area contributed by atoms with Crippen LogP contribution in [0.3, 0.4) is 0 Å². The smallest absolute Gasteiger partial charge is 0.280 e. The normalized spacial score (nSPS) is 21.4. The van der Waals surface area contributed by atoms with Gasteiger partial charge in [0.15, 0.2) is 11.5 Å². The standard InChI is InChI=1S/C19H25N3O5/c1-14-5-2-3-9-21(14)10-4-8-20-19(23)7-6-15-11-17-18(27-13-26-17)12-16(15)22(24)25/h6-7,11-12,14H,2-5,8-10,13H2,1H3,(H,20,23)/p+1/b7-6+/t14-/m1/s1. The summed E-state index contributed by atoms with van der Waals surface area (Å²) in [5.41, 5.74) is 0.192. The van der Waals surface area contributed by atoms with Crippen LogP contribution in [0, 0.1) is 10.1 Å². The van der Waals surface area contributed by atoms with Gasteiger partial charge in [-0.3, -0.25) is 14.9 Å². The third-order valence-electron chi connectivity index (χ3n) is 5.19. The highest BCUT2D eigenvalue weighted by Crippen LogP contribution is 2.38. The summed E-state index contributed by atoms with van der Waals surface area (Å²) in [4.78, 5) is 24.4. The lowest BCUT2D eigenvalue weighted by Gasteiger charge is -2.30. The Morgan fingerprint density at radius 1 is 1.37 bits per heavy atom. The van der Waals surface area contributed by atoms with E-state index >= 15 is 0 Å². The number of carbonyl (C=O) groups is 1. The molecule has 27 heavy (non-hydrogen) atoms. The second kappa shape index (κ2) is 8.85. The average molecular weight is 376 g/mol. The molecule has 1 aromatic rings. The van der Waals surface area contributed by atoms with Gasteiger partial charge in [-0.1, -0.05) is 0 Å². The van der Waals surface area contributed by atoms with E-state index < -0.39 is 4.92 Å². The predicted octanol–water partition coefficient (Wildman–Crippen LogP) is 1.30. The van der Waals surface area contributed by atoms with Crippen molar-refractivity contribution in [3.05, 3.63) is 33.9 Å². The van der Waals surface area contributed by atoms with Gasteiger partial charge >= 0.3 is 0 Å². The minimum absolute atomic E-state index is 0.0394. The summed E-state index contributed by atoms with van der Waals surface area (Å²) in [6.07, 6.45) is 7.55. The Morgan fingerprint density at radius 3 is 2.89 bits per heavy atom. The predicted molar refractivity (Wildman–Crippen MR) is 99.9 cm³/mol. The third-order valence-corrected chi connectivity index (χ3v) is 5.19. The van der Waals surface area contributed by atoms with Crippen LogP contribution in [0.2, 0.25) is 0 Å². The number of carbonyl (C=O) groups excluding carboxylic acids is 1. The quantitative estimate of drug-likeness (QED) is 0.324. The molecule has 1 saturated heterocycles. The molecule has 0 aromatic heterocycles. The lowest BCUT2D eigenvalue weighted by atomic mass is 10.0. The van der Waals surface area contributed by atoms with E-state index in [2.05, 4.69) is 12.2 Å². The molecule has 0 radical (unpaired) electrons. The first-order valence-electron chi connectivity index (χ1n) is 9.43. The zero-order chi connectivity index (χ0) is 19.2. The van der Waals surface area contributed by atoms with Crippen LogP contribution in [0.4, 0.5) is 5.69 Å². The number of hydrogen-bond donors (Lipinski definition) is 2. The molecule has 0 saturated carbocycles. The zero-order valence-electron chi connectivity index (χ0n) is 15.5. The van der Waals surface area contributed by atoms with Crippen LogP contribution in [0.1, 0.15) is 38.2 Å². The molecule has 1 fully saturated rings. The SMILES string of the molecule is C[C@@H]1CCCC[NH+]1CCCNC(=O)/C=C/c1cc2c(cc1[N+](=O)[O-])OCO2. The molecule has 3 rings (SSSR count). The first kappa shape index (κ1) is 19.2. The van der Waals surface area contributed by atoms with Gasteiger partial charge in [0.2, 0.25) is 12.7 Å². The molecule has 2 aliphatic rings. The zero-order valence-corrected chi connectivity index (χ0v) is 15.5. The number of likely N-dealkylation sites (tertiary alicyclic amines) is 1. The van der Waals surface area contributed by atoms with Gasteiger partial charge in [-0.15, -0.1) is 0 Å². The van der Waals surface area contributed by atoms with E-state index in [0.717, 1.165) is 13.0 Å². The van der Waals surface area contributed by atoms with Crippen molar-refractivity contribution in [3.63, 3.8) is 0 Å². The molecule has 2 atom stereocenters. The highest BCUT2D eigenvalue weighted by Gasteiger charge is 2.22. The molecular weight excluding hydrogens is 350 g/mol. The van der Waals surface area contributed by atoms with Crippen LogP contribution in [0.25, 0.3) is 6.08 Å². The number of benzene rings is 1. The highest BCUT2D eigenvalue weighted by molar-refractivity contribution is 5.92. The van der Waals surface area contributed by atoms with E-state index in [-0.39, 0.29) is 18.4 Å². The largest absolute Gasteiger partial charge is 0.454 e. The van der Waals surface area contributed by atoms with Gasteiger partial charge in [-0.05, 0) is 38.3 Å². The van der Waals surface area contributed by atoms with Crippen LogP contribution in [0.15, 0.2) is 18.2 Å². The lowest BCUT2D eigenvalue weighted by Crippen LogP contribution is -3.16. The first-order valence-corrected chi connectivity index (χ1v) is 9.43. The minimum Gasteiger partial charge on any atom is -0.454 e. The molecule has 8 heteroatoms. The summed E-state index contributed by atoms with van der Waals surface area (Å²) in [7, 11) is 0. The molecule has 0 aliphatic carbocycles. The molecule has 0 spiro atoms. The van der Waals surface area contributed by atoms with Crippen molar-refractivity contribution in [1.29, 1.82) is 0 Å². The van der Waals surface area contributed by atoms with E-state index in [4.69, 9.17) is 9.47 Å². The minimum atomic E-state index is -0.498. The van der Waals surface area contributed by atoms with Crippen molar-refractivity contribution in [3.8, 4) is 11.5 Å². The third kappa shape index (κ3) is 4.97. The Labute approximate surface area is 158 Å². The molecule has 1 unspecified atom stereocenters. The summed E-state index contributed by atoms with van der Waals surface area (Å²) in [5.74, 6) is 0.528. The van der Waals surface area contributed by atoms with Gasteiger partial charge in [0, 0.05) is 19.0 Å². The number of nitrogens with one attached hydrogen (secondary N) is 2. The van der Waals surface area contributed by atoms with Crippen molar-refractivity contribution >= 4 is 17.7 Å². The molecule has 2 N–H and O–H groups in total. The number of fused-ring (bicyclic) bond motifs is 1. The number of amides is 1. The van der Waals surface area contributed by atoms with Gasteiger partial charge in [0.1, 0.15) is 0 Å². The number of nitro benzene ring substituents is 1. The Kier molecular flexibility index (Phi) is 6.28. The number of nitrogens with zero attached hydrogens (tertiary/aromatic N) is 1. The van der Waals surface area contributed by atoms with Gasteiger partial charge in [0.25, 0.3) is 5.69 Å². The van der Waals surface area contributed by atoms with Gasteiger partial charge in [0.05, 0.1) is 35.7 Å². The molecule has 8 nitrogen and oxygen atoms in total. The summed E-state index contributed by atoms with van der Waals surface area (Å²) in [6.45, 7) is 5.19. The van der Waals surface area contributed by atoms with Crippen LogP contribution in [-0.2, 0) is 4.79 Å². The maximum atomic E-state index is 12.0. The van der Waals surface area contributed by atoms with E-state index in [1.165, 1.54) is 50.1 Å². The topological polar surface area (TPSA) is 95.1 Å². The fraction of sp³-hybridized carbons (Fsp3) is 0.526. The number of quaternary nitrogens is 1. The Hall–Kier alpha value is -2.61. The van der Waals surface area contributed by atoms with Crippen LogP contribution in [0.5, 0.6) is 11.5 Å². The number of hydrogen-bond acceptors (Lipinski definition) is 5. The summed E-state index contributed by atoms with van der Waals surface area (Å²) < 4.78 is 10.4. The van der Waals surface area contributed by atoms with Crippen LogP contribution < -0.4 is 19.7 Å². The molecule has 2 heterocycles.